The van der Waals surface area contributed by atoms with Gasteiger partial charge in [-0.25, -0.2) is 0 Å². The molecule has 0 saturated heterocycles. The standard InChI is InChI=1S/C9H10Br2S/c1-5-4-6(5)8(11)9-7(10)2-3-12-9/h2-3,5-6,8H,4H2,1H3. The number of hydrogen-bond donors (Lipinski definition) is 0. The largest absolute Gasteiger partial charge is 0.147 e. The van der Waals surface area contributed by atoms with Gasteiger partial charge in [0, 0.05) is 9.35 Å². The van der Waals surface area contributed by atoms with Crippen LogP contribution >= 0.6 is 43.2 Å². The minimum atomic E-state index is 0.571. The van der Waals surface area contributed by atoms with Crippen molar-refractivity contribution in [3.63, 3.8) is 0 Å². The molecule has 1 saturated carbocycles. The highest BCUT2D eigenvalue weighted by Crippen LogP contribution is 2.53. The van der Waals surface area contributed by atoms with E-state index >= 15 is 0 Å². The summed E-state index contributed by atoms with van der Waals surface area (Å²) in [6.07, 6.45) is 1.38. The Labute approximate surface area is 93.6 Å². The lowest BCUT2D eigenvalue weighted by atomic mass is 10.2. The molecule has 2 rings (SSSR count). The summed E-state index contributed by atoms with van der Waals surface area (Å²) in [5.41, 5.74) is 0. The predicted octanol–water partition coefficient (Wildman–Crippen LogP) is 4.60. The summed E-state index contributed by atoms with van der Waals surface area (Å²) in [4.78, 5) is 2.02. The summed E-state index contributed by atoms with van der Waals surface area (Å²) in [6.45, 7) is 2.32. The summed E-state index contributed by atoms with van der Waals surface area (Å²) in [5.74, 6) is 1.77. The Bertz CT molecular complexity index is 282. The molecule has 66 valence electrons. The molecule has 1 aliphatic carbocycles. The zero-order chi connectivity index (χ0) is 8.72. The molecule has 0 aliphatic heterocycles. The van der Waals surface area contributed by atoms with E-state index in [2.05, 4.69) is 50.2 Å². The van der Waals surface area contributed by atoms with Crippen LogP contribution in [0, 0.1) is 11.8 Å². The van der Waals surface area contributed by atoms with Crippen molar-refractivity contribution >= 4 is 43.2 Å². The van der Waals surface area contributed by atoms with Gasteiger partial charge < -0.3 is 0 Å². The minimum absolute atomic E-state index is 0.571. The zero-order valence-electron chi connectivity index (χ0n) is 6.76. The second kappa shape index (κ2) is 3.43. The van der Waals surface area contributed by atoms with Crippen LogP contribution in [0.2, 0.25) is 0 Å². The molecule has 3 unspecified atom stereocenters. The monoisotopic (exact) mass is 308 g/mol. The van der Waals surface area contributed by atoms with E-state index in [1.807, 2.05) is 11.3 Å². The molecule has 0 amide bonds. The first kappa shape index (κ1) is 9.22. The molecule has 1 fully saturated rings. The van der Waals surface area contributed by atoms with Crippen molar-refractivity contribution in [1.82, 2.24) is 0 Å². The van der Waals surface area contributed by atoms with Crippen molar-refractivity contribution < 1.29 is 0 Å². The Morgan fingerprint density at radius 1 is 1.67 bits per heavy atom. The van der Waals surface area contributed by atoms with Crippen molar-refractivity contribution in [3.8, 4) is 0 Å². The topological polar surface area (TPSA) is 0 Å². The van der Waals surface area contributed by atoms with Crippen LogP contribution in [0.15, 0.2) is 15.9 Å². The molecule has 1 aromatic rings. The van der Waals surface area contributed by atoms with Crippen LogP contribution in [0.4, 0.5) is 0 Å². The summed E-state index contributed by atoms with van der Waals surface area (Å²) in [5, 5.41) is 2.14. The maximum atomic E-state index is 3.76. The van der Waals surface area contributed by atoms with Crippen LogP contribution in [-0.4, -0.2) is 0 Å². The van der Waals surface area contributed by atoms with Gasteiger partial charge in [-0.1, -0.05) is 22.9 Å². The predicted molar refractivity (Wildman–Crippen MR) is 61.0 cm³/mol. The molecule has 1 heterocycles. The van der Waals surface area contributed by atoms with Gasteiger partial charge in [0.2, 0.25) is 0 Å². The second-order valence-electron chi connectivity index (χ2n) is 3.41. The van der Waals surface area contributed by atoms with Gasteiger partial charge >= 0.3 is 0 Å². The normalized spacial score (nSPS) is 30.2. The molecular formula is C9H10Br2S. The van der Waals surface area contributed by atoms with E-state index in [-0.39, 0.29) is 0 Å². The quantitative estimate of drug-likeness (QED) is 0.700. The van der Waals surface area contributed by atoms with E-state index in [9.17, 15) is 0 Å². The van der Waals surface area contributed by atoms with Crippen molar-refractivity contribution in [2.24, 2.45) is 11.8 Å². The van der Waals surface area contributed by atoms with Crippen LogP contribution in [0.5, 0.6) is 0 Å². The van der Waals surface area contributed by atoms with E-state index in [0.717, 1.165) is 11.8 Å². The summed E-state index contributed by atoms with van der Waals surface area (Å²) in [6, 6.07) is 2.13. The minimum Gasteiger partial charge on any atom is -0.147 e. The first-order chi connectivity index (χ1) is 5.70. The average Bonchev–Trinajstić information content (AvgIpc) is 2.59. The number of thiophene rings is 1. The van der Waals surface area contributed by atoms with Gasteiger partial charge in [0.1, 0.15) is 0 Å². The average molecular weight is 310 g/mol. The van der Waals surface area contributed by atoms with Gasteiger partial charge in [-0.05, 0) is 45.6 Å². The number of halogens is 2. The van der Waals surface area contributed by atoms with Crippen LogP contribution < -0.4 is 0 Å². The Balaban J connectivity index is 2.14. The van der Waals surface area contributed by atoms with Crippen molar-refractivity contribution in [3.05, 3.63) is 20.8 Å². The van der Waals surface area contributed by atoms with Crippen molar-refractivity contribution in [2.75, 3.05) is 0 Å². The van der Waals surface area contributed by atoms with Gasteiger partial charge in [0.05, 0.1) is 4.83 Å². The number of hydrogen-bond acceptors (Lipinski definition) is 1. The molecule has 0 aromatic carbocycles. The third-order valence-corrected chi connectivity index (χ3v) is 5.84. The fourth-order valence-electron chi connectivity index (χ4n) is 1.46. The number of rotatable bonds is 2. The van der Waals surface area contributed by atoms with Crippen LogP contribution in [0.3, 0.4) is 0 Å². The lowest BCUT2D eigenvalue weighted by Crippen LogP contribution is -1.90. The molecule has 3 heteroatoms. The molecule has 0 spiro atoms. The smallest absolute Gasteiger partial charge is 0.0531 e. The number of alkyl halides is 1. The van der Waals surface area contributed by atoms with Crippen molar-refractivity contribution in [1.29, 1.82) is 0 Å². The fourth-order valence-corrected chi connectivity index (χ4v) is 4.74. The molecule has 1 aliphatic rings. The molecule has 1 aromatic heterocycles. The zero-order valence-corrected chi connectivity index (χ0v) is 10.7. The van der Waals surface area contributed by atoms with Gasteiger partial charge in [0.15, 0.2) is 0 Å². The van der Waals surface area contributed by atoms with Gasteiger partial charge in [-0.3, -0.25) is 0 Å². The van der Waals surface area contributed by atoms with E-state index in [4.69, 9.17) is 0 Å². The summed E-state index contributed by atoms with van der Waals surface area (Å²) < 4.78 is 1.26. The Morgan fingerprint density at radius 2 is 2.33 bits per heavy atom. The molecule has 0 radical (unpaired) electrons. The Morgan fingerprint density at radius 3 is 2.75 bits per heavy atom. The third-order valence-electron chi connectivity index (χ3n) is 2.44. The Kier molecular flexibility index (Phi) is 2.64. The summed E-state index contributed by atoms with van der Waals surface area (Å²) in [7, 11) is 0. The molecule has 12 heavy (non-hydrogen) atoms. The highest BCUT2D eigenvalue weighted by Gasteiger charge is 2.39. The lowest BCUT2D eigenvalue weighted by Gasteiger charge is -2.06. The fraction of sp³-hybridized carbons (Fsp3) is 0.556. The highest BCUT2D eigenvalue weighted by atomic mass is 79.9. The molecule has 3 atom stereocenters. The first-order valence-electron chi connectivity index (χ1n) is 4.07. The van der Waals surface area contributed by atoms with Gasteiger partial charge in [0.25, 0.3) is 0 Å². The van der Waals surface area contributed by atoms with Crippen LogP contribution in [0.1, 0.15) is 23.0 Å². The van der Waals surface area contributed by atoms with E-state index in [1.165, 1.54) is 15.8 Å². The summed E-state index contributed by atoms with van der Waals surface area (Å²) >= 11 is 9.16. The maximum Gasteiger partial charge on any atom is 0.0531 e. The molecule has 0 nitrogen and oxygen atoms in total. The highest BCUT2D eigenvalue weighted by molar-refractivity contribution is 9.11. The Hall–Kier alpha value is 0.660. The van der Waals surface area contributed by atoms with Crippen LogP contribution in [0.25, 0.3) is 0 Å². The van der Waals surface area contributed by atoms with E-state index in [1.54, 1.807) is 0 Å². The second-order valence-corrected chi connectivity index (χ2v) is 6.20. The first-order valence-corrected chi connectivity index (χ1v) is 6.66. The maximum absolute atomic E-state index is 3.76. The molecule has 0 bridgehead atoms. The third kappa shape index (κ3) is 1.64. The van der Waals surface area contributed by atoms with Gasteiger partial charge in [-0.15, -0.1) is 11.3 Å². The van der Waals surface area contributed by atoms with Gasteiger partial charge in [-0.2, -0.15) is 0 Å². The SMILES string of the molecule is CC1CC1C(Br)c1sccc1Br. The van der Waals surface area contributed by atoms with Crippen molar-refractivity contribution in [2.45, 2.75) is 18.2 Å². The van der Waals surface area contributed by atoms with E-state index in [0.29, 0.717) is 4.83 Å². The molecular weight excluding hydrogens is 300 g/mol. The molecule has 0 N–H and O–H groups in total. The lowest BCUT2D eigenvalue weighted by molar-refractivity contribution is 0.747. The van der Waals surface area contributed by atoms with Crippen LogP contribution in [-0.2, 0) is 0 Å². The van der Waals surface area contributed by atoms with E-state index < -0.39 is 0 Å².